The number of amides is 2. The summed E-state index contributed by atoms with van der Waals surface area (Å²) in [4.78, 5) is 32.3. The predicted octanol–water partition coefficient (Wildman–Crippen LogP) is 5.12. The Balaban J connectivity index is 1.40. The first-order valence-electron chi connectivity index (χ1n) is 11.9. The number of likely N-dealkylation sites (tertiary alicyclic amines) is 1. The molecule has 6 nitrogen and oxygen atoms in total. The van der Waals surface area contributed by atoms with Gasteiger partial charge in [0.25, 0.3) is 0 Å². The van der Waals surface area contributed by atoms with Crippen molar-refractivity contribution in [1.82, 2.24) is 15.2 Å². The zero-order valence-corrected chi connectivity index (χ0v) is 20.7. The Morgan fingerprint density at radius 2 is 2.00 bits per heavy atom. The highest BCUT2D eigenvalue weighted by atomic mass is 35.5. The number of halogens is 1. The number of nitrogens with one attached hydrogen (secondary N) is 1. The number of hydrogen-bond donors (Lipinski definition) is 1. The second-order valence-corrected chi connectivity index (χ2v) is 11.1. The number of pyridine rings is 1. The molecule has 0 bridgehead atoms. The summed E-state index contributed by atoms with van der Waals surface area (Å²) in [5.74, 6) is 0.590. The fourth-order valence-electron chi connectivity index (χ4n) is 5.26. The molecule has 3 aliphatic rings. The summed E-state index contributed by atoms with van der Waals surface area (Å²) in [7, 11) is 0. The lowest BCUT2D eigenvalue weighted by Gasteiger charge is -2.26. The Morgan fingerprint density at radius 3 is 2.74 bits per heavy atom. The zero-order valence-electron chi connectivity index (χ0n) is 19.1. The van der Waals surface area contributed by atoms with Crippen molar-refractivity contribution in [1.29, 1.82) is 0 Å². The maximum absolute atomic E-state index is 12.6. The van der Waals surface area contributed by atoms with Crippen LogP contribution in [0.3, 0.4) is 0 Å². The van der Waals surface area contributed by atoms with Crippen LogP contribution >= 0.6 is 22.9 Å². The van der Waals surface area contributed by atoms with Crippen molar-refractivity contribution < 1.29 is 14.3 Å². The number of aryl methyl sites for hydroxylation is 1. The topological polar surface area (TPSA) is 71.5 Å². The van der Waals surface area contributed by atoms with Crippen LogP contribution in [0.1, 0.15) is 42.7 Å². The lowest BCUT2D eigenvalue weighted by Crippen LogP contribution is -2.37. The molecule has 1 saturated carbocycles. The molecule has 34 heavy (non-hydrogen) atoms. The number of hydrogen-bond acceptors (Lipinski definition) is 6. The molecule has 1 N–H and O–H groups in total. The Morgan fingerprint density at radius 1 is 1.21 bits per heavy atom. The van der Waals surface area contributed by atoms with E-state index in [9.17, 15) is 9.59 Å². The molecule has 2 aliphatic heterocycles. The highest BCUT2D eigenvalue weighted by molar-refractivity contribution is 7.19. The van der Waals surface area contributed by atoms with Gasteiger partial charge >= 0.3 is 0 Å². The van der Waals surface area contributed by atoms with Gasteiger partial charge in [0.2, 0.25) is 11.8 Å². The van der Waals surface area contributed by atoms with E-state index >= 15 is 0 Å². The van der Waals surface area contributed by atoms with Gasteiger partial charge in [-0.3, -0.25) is 19.5 Å². The third-order valence-electron chi connectivity index (χ3n) is 7.20. The summed E-state index contributed by atoms with van der Waals surface area (Å²) in [6.07, 6.45) is 4.73. The van der Waals surface area contributed by atoms with Gasteiger partial charge in [-0.1, -0.05) is 11.6 Å². The van der Waals surface area contributed by atoms with E-state index in [4.69, 9.17) is 16.3 Å². The minimum Gasteiger partial charge on any atom is -0.488 e. The van der Waals surface area contributed by atoms with Crippen molar-refractivity contribution in [3.63, 3.8) is 0 Å². The quantitative estimate of drug-likeness (QED) is 0.497. The number of imide groups is 1. The Kier molecular flexibility index (Phi) is 5.39. The first-order chi connectivity index (χ1) is 16.4. The largest absolute Gasteiger partial charge is 0.488 e. The second-order valence-electron chi connectivity index (χ2n) is 9.58. The van der Waals surface area contributed by atoms with E-state index in [0.717, 1.165) is 63.5 Å². The molecule has 4 heterocycles. The van der Waals surface area contributed by atoms with Crippen LogP contribution in [-0.4, -0.2) is 40.9 Å². The van der Waals surface area contributed by atoms with Gasteiger partial charge in [0.1, 0.15) is 11.9 Å². The Bertz CT molecular complexity index is 1300. The summed E-state index contributed by atoms with van der Waals surface area (Å²) < 4.78 is 7.52. The number of carbonyl (C=O) groups excluding carboxylic acids is 2. The van der Waals surface area contributed by atoms with Crippen molar-refractivity contribution in [3.05, 3.63) is 45.9 Å². The van der Waals surface area contributed by atoms with Crippen LogP contribution in [0, 0.1) is 18.8 Å². The van der Waals surface area contributed by atoms with E-state index in [1.807, 2.05) is 38.1 Å². The molecule has 0 radical (unpaired) electrons. The normalized spacial score (nSPS) is 25.0. The fourth-order valence-corrected chi connectivity index (χ4v) is 6.72. The van der Waals surface area contributed by atoms with Crippen molar-refractivity contribution in [2.45, 2.75) is 45.3 Å². The molecule has 1 aromatic carbocycles. The minimum absolute atomic E-state index is 0.0321. The van der Waals surface area contributed by atoms with Crippen LogP contribution in [0.2, 0.25) is 5.02 Å². The summed E-state index contributed by atoms with van der Waals surface area (Å²) in [5.41, 5.74) is 3.78. The average Bonchev–Trinajstić information content (AvgIpc) is 3.44. The van der Waals surface area contributed by atoms with Crippen LogP contribution in [0.5, 0.6) is 5.75 Å². The van der Waals surface area contributed by atoms with Crippen LogP contribution in [-0.2, 0) is 9.59 Å². The number of benzene rings is 1. The SMILES string of the molecule is Cc1cc(Cl)cc(-c2ccnc3cc(C(C)N4C(=O)C5CC5C4=O)sc23)c1O[C@H]1CCCNC1. The average molecular weight is 496 g/mol. The van der Waals surface area contributed by atoms with Crippen molar-refractivity contribution >= 4 is 45.0 Å². The second kappa shape index (κ2) is 8.33. The summed E-state index contributed by atoms with van der Waals surface area (Å²) in [5, 5.41) is 4.07. The van der Waals surface area contributed by atoms with E-state index < -0.39 is 0 Å². The van der Waals surface area contributed by atoms with Crippen LogP contribution in [0.25, 0.3) is 21.3 Å². The third kappa shape index (κ3) is 3.61. The number of thiophene rings is 1. The first kappa shape index (κ1) is 22.0. The molecular weight excluding hydrogens is 470 g/mol. The molecule has 6 rings (SSSR count). The molecule has 0 spiro atoms. The molecular formula is C26H26ClN3O3S. The maximum Gasteiger partial charge on any atom is 0.233 e. The third-order valence-corrected chi connectivity index (χ3v) is 8.74. The molecule has 8 heteroatoms. The molecule has 176 valence electrons. The smallest absolute Gasteiger partial charge is 0.233 e. The number of carbonyl (C=O) groups is 2. The van der Waals surface area contributed by atoms with Gasteiger partial charge in [0, 0.05) is 33.8 Å². The molecule has 3 unspecified atom stereocenters. The van der Waals surface area contributed by atoms with E-state index in [0.29, 0.717) is 11.4 Å². The van der Waals surface area contributed by atoms with Crippen molar-refractivity contribution in [2.75, 3.05) is 13.1 Å². The molecule has 3 fully saturated rings. The maximum atomic E-state index is 12.6. The number of nitrogens with zero attached hydrogens (tertiary/aromatic N) is 2. The Labute approximate surface area is 207 Å². The first-order valence-corrected chi connectivity index (χ1v) is 13.0. The van der Waals surface area contributed by atoms with Crippen LogP contribution in [0.4, 0.5) is 0 Å². The van der Waals surface area contributed by atoms with E-state index in [1.54, 1.807) is 17.5 Å². The Hall–Kier alpha value is -2.48. The summed E-state index contributed by atoms with van der Waals surface area (Å²) >= 11 is 8.08. The molecule has 2 amide bonds. The van der Waals surface area contributed by atoms with Gasteiger partial charge in [0.15, 0.2) is 0 Å². The molecule has 2 saturated heterocycles. The van der Waals surface area contributed by atoms with Gasteiger partial charge in [-0.25, -0.2) is 0 Å². The highest BCUT2D eigenvalue weighted by Crippen LogP contribution is 2.50. The number of rotatable bonds is 5. The minimum atomic E-state index is -0.301. The number of ether oxygens (including phenoxy) is 1. The molecule has 1 aliphatic carbocycles. The van der Waals surface area contributed by atoms with Crippen LogP contribution in [0.15, 0.2) is 30.5 Å². The summed E-state index contributed by atoms with van der Waals surface area (Å²) in [6, 6.07) is 7.59. The lowest BCUT2D eigenvalue weighted by molar-refractivity contribution is -0.143. The summed E-state index contributed by atoms with van der Waals surface area (Å²) in [6.45, 7) is 5.81. The lowest BCUT2D eigenvalue weighted by atomic mass is 10.0. The van der Waals surface area contributed by atoms with Crippen molar-refractivity contribution in [2.24, 2.45) is 11.8 Å². The number of aromatic nitrogens is 1. The van der Waals surface area contributed by atoms with E-state index in [2.05, 4.69) is 10.3 Å². The predicted molar refractivity (Wildman–Crippen MR) is 133 cm³/mol. The monoisotopic (exact) mass is 495 g/mol. The van der Waals surface area contributed by atoms with Gasteiger partial charge in [-0.2, -0.15) is 0 Å². The number of piperidine rings is 2. The van der Waals surface area contributed by atoms with Gasteiger partial charge in [-0.05, 0) is 69.5 Å². The van der Waals surface area contributed by atoms with Gasteiger partial charge < -0.3 is 10.1 Å². The molecule has 3 aromatic rings. The molecule has 2 aromatic heterocycles. The highest BCUT2D eigenvalue weighted by Gasteiger charge is 2.60. The standard InChI is InChI=1S/C26H26ClN3O3S/c1-13-8-15(27)9-18(23(13)33-16-4-3-6-28-12-16)17-5-7-29-21-11-22(34-24(17)21)14(2)30-25(31)19-10-20(19)26(30)32/h5,7-9,11,14,16,19-20,28H,3-4,6,10,12H2,1-2H3/t14?,16-,19?,20?/m0/s1. The van der Waals surface area contributed by atoms with Crippen molar-refractivity contribution in [3.8, 4) is 16.9 Å². The van der Waals surface area contributed by atoms with Gasteiger partial charge in [0.05, 0.1) is 28.1 Å². The number of fused-ring (bicyclic) bond motifs is 2. The fraction of sp³-hybridized carbons (Fsp3) is 0.423. The van der Waals surface area contributed by atoms with E-state index in [1.165, 1.54) is 4.90 Å². The zero-order chi connectivity index (χ0) is 23.6. The molecule has 4 atom stereocenters. The van der Waals surface area contributed by atoms with E-state index in [-0.39, 0.29) is 35.8 Å². The van der Waals surface area contributed by atoms with Gasteiger partial charge in [-0.15, -0.1) is 11.3 Å². The van der Waals surface area contributed by atoms with Crippen LogP contribution < -0.4 is 10.1 Å².